The maximum Gasteiger partial charge on any atom is 0.296 e. The summed E-state index contributed by atoms with van der Waals surface area (Å²) < 4.78 is 6.26. The number of nitrogens with two attached hydrogens (primary N) is 1. The Labute approximate surface area is 226 Å². The highest BCUT2D eigenvalue weighted by Gasteiger charge is 2.46. The second kappa shape index (κ2) is 9.66. The molecule has 4 aromatic rings. The molecule has 1 unspecified atom stereocenters. The van der Waals surface area contributed by atoms with E-state index in [1.54, 1.807) is 38.1 Å². The molecule has 1 aliphatic heterocycles. The number of ketones is 1. The van der Waals surface area contributed by atoms with Gasteiger partial charge in [0.1, 0.15) is 5.75 Å². The molecule has 2 aromatic carbocycles. The number of nitrogens with zero attached hydrogens (tertiary/aromatic N) is 3. The number of anilines is 1. The Morgan fingerprint density at radius 3 is 2.42 bits per heavy atom. The van der Waals surface area contributed by atoms with Gasteiger partial charge in [0.2, 0.25) is 5.78 Å². The van der Waals surface area contributed by atoms with Crippen LogP contribution in [-0.2, 0) is 9.59 Å². The zero-order valence-electron chi connectivity index (χ0n) is 21.1. The summed E-state index contributed by atoms with van der Waals surface area (Å²) in [6.07, 6.45) is 0. The molecule has 0 aliphatic carbocycles. The smallest absolute Gasteiger partial charge is 0.296 e. The van der Waals surface area contributed by atoms with Crippen LogP contribution < -0.4 is 15.4 Å². The van der Waals surface area contributed by atoms with Crippen LogP contribution in [-0.4, -0.2) is 39.3 Å². The first-order valence-corrected chi connectivity index (χ1v) is 13.3. The fourth-order valence-electron chi connectivity index (χ4n) is 4.58. The molecule has 9 nitrogen and oxygen atoms in total. The number of aryl methyl sites for hydroxylation is 4. The van der Waals surface area contributed by atoms with Gasteiger partial charge < -0.3 is 15.6 Å². The van der Waals surface area contributed by atoms with Gasteiger partial charge in [0.05, 0.1) is 37.4 Å². The van der Waals surface area contributed by atoms with Gasteiger partial charge in [0.25, 0.3) is 11.8 Å². The van der Waals surface area contributed by atoms with Gasteiger partial charge in [0, 0.05) is 0 Å². The first kappa shape index (κ1) is 25.6. The van der Waals surface area contributed by atoms with E-state index in [0.29, 0.717) is 32.0 Å². The van der Waals surface area contributed by atoms with E-state index in [-0.39, 0.29) is 12.2 Å². The van der Waals surface area contributed by atoms with E-state index in [2.05, 4.69) is 4.98 Å². The largest absolute Gasteiger partial charge is 0.503 e. The number of primary amides is 1. The first-order chi connectivity index (χ1) is 18.0. The second-order valence-electron chi connectivity index (χ2n) is 9.07. The van der Waals surface area contributed by atoms with Crippen molar-refractivity contribution >= 4 is 55.6 Å². The van der Waals surface area contributed by atoms with Crippen LogP contribution in [0.3, 0.4) is 0 Å². The maximum atomic E-state index is 13.8. The number of carbonyl (C=O) groups is 3. The first-order valence-electron chi connectivity index (χ1n) is 11.7. The molecule has 0 saturated heterocycles. The highest BCUT2D eigenvalue weighted by molar-refractivity contribution is 7.22. The highest BCUT2D eigenvalue weighted by atomic mass is 32.1. The van der Waals surface area contributed by atoms with Crippen molar-refractivity contribution in [3.8, 4) is 5.75 Å². The van der Waals surface area contributed by atoms with Gasteiger partial charge >= 0.3 is 0 Å². The third-order valence-electron chi connectivity index (χ3n) is 6.16. The molecule has 194 valence electrons. The molecule has 3 N–H and O–H groups in total. The molecule has 0 radical (unpaired) electrons. The van der Waals surface area contributed by atoms with E-state index in [1.165, 1.54) is 27.6 Å². The number of hydrogen-bond donors (Lipinski definition) is 2. The number of aliphatic hydroxyl groups is 1. The molecule has 2 amide bonds. The summed E-state index contributed by atoms with van der Waals surface area (Å²) >= 11 is 2.53. The lowest BCUT2D eigenvalue weighted by atomic mass is 9.95. The van der Waals surface area contributed by atoms with E-state index in [1.807, 2.05) is 26.0 Å². The lowest BCUT2D eigenvalue weighted by molar-refractivity contribution is -0.120. The molecular formula is C27H24N4O5S2. The van der Waals surface area contributed by atoms with Crippen LogP contribution in [0.15, 0.2) is 47.7 Å². The molecule has 0 fully saturated rings. The molecule has 0 saturated carbocycles. The minimum absolute atomic E-state index is 0.0419. The number of aromatic nitrogens is 2. The number of carbonyl (C=O) groups excluding carboxylic acids is 3. The highest BCUT2D eigenvalue weighted by Crippen LogP contribution is 2.45. The predicted molar refractivity (Wildman–Crippen MR) is 146 cm³/mol. The van der Waals surface area contributed by atoms with Crippen molar-refractivity contribution in [3.05, 3.63) is 80.0 Å². The molecule has 1 aliphatic rings. The monoisotopic (exact) mass is 548 g/mol. The summed E-state index contributed by atoms with van der Waals surface area (Å²) in [5.74, 6) is -2.01. The van der Waals surface area contributed by atoms with Gasteiger partial charge in [0.15, 0.2) is 17.5 Å². The molecule has 1 atom stereocenters. The molecule has 11 heteroatoms. The van der Waals surface area contributed by atoms with Crippen LogP contribution in [0.2, 0.25) is 0 Å². The predicted octanol–water partition coefficient (Wildman–Crippen LogP) is 4.63. The van der Waals surface area contributed by atoms with Crippen molar-refractivity contribution in [2.45, 2.75) is 33.7 Å². The van der Waals surface area contributed by atoms with Gasteiger partial charge in [-0.05, 0) is 62.6 Å². The van der Waals surface area contributed by atoms with E-state index >= 15 is 0 Å². The standard InChI is InChI=1S/C27H24N4O5S2/c1-12-9-13(2)21-18(10-12)38-27(30-21)31-22(16-5-7-17(8-6-16)36-11-19(28)32)20(24(34)26(31)35)23(33)25-14(3)29-15(4)37-25/h5-10,22,34H,11H2,1-4H3,(H2,28,32). The van der Waals surface area contributed by atoms with Gasteiger partial charge in [-0.3, -0.25) is 19.3 Å². The summed E-state index contributed by atoms with van der Waals surface area (Å²) in [5, 5.41) is 12.1. The zero-order chi connectivity index (χ0) is 27.3. The van der Waals surface area contributed by atoms with Crippen LogP contribution >= 0.6 is 22.7 Å². The number of aliphatic hydroxyl groups excluding tert-OH is 1. The van der Waals surface area contributed by atoms with Gasteiger partial charge in [-0.15, -0.1) is 11.3 Å². The number of ether oxygens (including phenoxy) is 1. The fourth-order valence-corrected chi connectivity index (χ4v) is 6.62. The van der Waals surface area contributed by atoms with Crippen molar-refractivity contribution in [2.24, 2.45) is 5.73 Å². The Morgan fingerprint density at radius 1 is 1.08 bits per heavy atom. The molecule has 0 bridgehead atoms. The van der Waals surface area contributed by atoms with Crippen molar-refractivity contribution in [3.63, 3.8) is 0 Å². The second-order valence-corrected chi connectivity index (χ2v) is 11.3. The number of Topliss-reactive ketones (excluding diaryl/α,β-unsaturated/α-hetero) is 1. The third-order valence-corrected chi connectivity index (χ3v) is 8.24. The van der Waals surface area contributed by atoms with Crippen molar-refractivity contribution in [1.29, 1.82) is 0 Å². The third kappa shape index (κ3) is 4.44. The average molecular weight is 549 g/mol. The fraction of sp³-hybridized carbons (Fsp3) is 0.222. The number of rotatable bonds is 7. The number of thiazole rings is 2. The Morgan fingerprint density at radius 2 is 1.79 bits per heavy atom. The minimum atomic E-state index is -0.941. The van der Waals surface area contributed by atoms with Crippen LogP contribution in [0, 0.1) is 27.7 Å². The van der Waals surface area contributed by atoms with Gasteiger partial charge in [-0.25, -0.2) is 9.97 Å². The van der Waals surface area contributed by atoms with E-state index < -0.39 is 29.4 Å². The lowest BCUT2D eigenvalue weighted by Gasteiger charge is -2.24. The Balaban J connectivity index is 1.64. The van der Waals surface area contributed by atoms with Crippen molar-refractivity contribution in [2.75, 3.05) is 11.5 Å². The molecule has 2 aromatic heterocycles. The lowest BCUT2D eigenvalue weighted by Crippen LogP contribution is -2.31. The number of benzene rings is 2. The summed E-state index contributed by atoms with van der Waals surface area (Å²) in [6.45, 7) is 7.17. The van der Waals surface area contributed by atoms with Crippen LogP contribution in [0.4, 0.5) is 5.13 Å². The van der Waals surface area contributed by atoms with E-state index in [0.717, 1.165) is 21.3 Å². The molecular weight excluding hydrogens is 524 g/mol. The zero-order valence-corrected chi connectivity index (χ0v) is 22.7. The topological polar surface area (TPSA) is 136 Å². The maximum absolute atomic E-state index is 13.8. The number of fused-ring (bicyclic) bond motifs is 1. The SMILES string of the molecule is Cc1cc(C)c2nc(N3C(=O)C(O)=C(C(=O)c4sc(C)nc4C)C3c3ccc(OCC(N)=O)cc3)sc2c1. The number of hydrogen-bond acceptors (Lipinski definition) is 9. The van der Waals surface area contributed by atoms with Crippen LogP contribution in [0.5, 0.6) is 5.75 Å². The Kier molecular flexibility index (Phi) is 6.49. The van der Waals surface area contributed by atoms with Crippen LogP contribution in [0.25, 0.3) is 10.2 Å². The summed E-state index contributed by atoms with van der Waals surface area (Å²) in [5.41, 5.74) is 9.00. The summed E-state index contributed by atoms with van der Waals surface area (Å²) in [4.78, 5) is 49.2. The van der Waals surface area contributed by atoms with Gasteiger partial charge in [-0.2, -0.15) is 0 Å². The molecule has 38 heavy (non-hydrogen) atoms. The normalized spacial score (nSPS) is 15.5. The molecule has 0 spiro atoms. The molecule has 3 heterocycles. The molecule has 5 rings (SSSR count). The quantitative estimate of drug-likeness (QED) is 0.321. The average Bonchev–Trinajstić information content (AvgIpc) is 3.51. The Hall–Kier alpha value is -4.09. The minimum Gasteiger partial charge on any atom is -0.503 e. The van der Waals surface area contributed by atoms with Gasteiger partial charge in [-0.1, -0.05) is 29.5 Å². The summed E-state index contributed by atoms with van der Waals surface area (Å²) in [7, 11) is 0. The number of amides is 2. The Bertz CT molecular complexity index is 1650. The van der Waals surface area contributed by atoms with Crippen LogP contribution in [0.1, 0.15) is 43.1 Å². The van der Waals surface area contributed by atoms with E-state index in [9.17, 15) is 19.5 Å². The van der Waals surface area contributed by atoms with Crippen molar-refractivity contribution < 1.29 is 24.2 Å². The van der Waals surface area contributed by atoms with E-state index in [4.69, 9.17) is 15.5 Å². The van der Waals surface area contributed by atoms with Crippen molar-refractivity contribution in [1.82, 2.24) is 9.97 Å². The summed E-state index contributed by atoms with van der Waals surface area (Å²) in [6, 6.07) is 9.66.